The van der Waals surface area contributed by atoms with E-state index in [1.54, 1.807) is 23.1 Å². The van der Waals surface area contributed by atoms with Crippen molar-refractivity contribution in [1.82, 2.24) is 9.88 Å². The van der Waals surface area contributed by atoms with Crippen LogP contribution in [0.2, 0.25) is 0 Å². The lowest BCUT2D eigenvalue weighted by Crippen LogP contribution is -2.40. The van der Waals surface area contributed by atoms with Crippen LogP contribution in [0.1, 0.15) is 24.2 Å². The van der Waals surface area contributed by atoms with Crippen LogP contribution in [0.5, 0.6) is 0 Å². The third-order valence-electron chi connectivity index (χ3n) is 5.22. The monoisotopic (exact) mass is 535 g/mol. The van der Waals surface area contributed by atoms with Gasteiger partial charge in [-0.3, -0.25) is 9.69 Å². The van der Waals surface area contributed by atoms with E-state index < -0.39 is 11.5 Å². The second-order valence-corrected chi connectivity index (χ2v) is 9.00. The van der Waals surface area contributed by atoms with Crippen LogP contribution in [0.3, 0.4) is 0 Å². The fourth-order valence-electron chi connectivity index (χ4n) is 3.42. The normalized spacial score (nSPS) is 11.1. The average Bonchev–Trinajstić information content (AvgIpc) is 3.18. The number of halogens is 2. The maximum Gasteiger partial charge on any atom is 0.349 e. The van der Waals surface area contributed by atoms with Crippen molar-refractivity contribution in [1.29, 1.82) is 0 Å². The van der Waals surface area contributed by atoms with Gasteiger partial charge in [0.15, 0.2) is 5.13 Å². The topological polar surface area (TPSA) is 66.7 Å². The number of carbonyl (C=O) groups is 1. The molecule has 0 saturated carbocycles. The largest absolute Gasteiger partial charge is 0.422 e. The molecule has 0 unspecified atom stereocenters. The molecule has 4 rings (SSSR count). The van der Waals surface area contributed by atoms with Crippen LogP contribution in [-0.2, 0) is 0 Å². The maximum atomic E-state index is 13.5. The molecule has 6 nitrogen and oxygen atoms in total. The first-order valence-electron chi connectivity index (χ1n) is 10.1. The fourth-order valence-corrected chi connectivity index (χ4v) is 4.97. The van der Waals surface area contributed by atoms with E-state index >= 15 is 0 Å². The highest BCUT2D eigenvalue weighted by molar-refractivity contribution is 9.10. The maximum absolute atomic E-state index is 13.5. The van der Waals surface area contributed by atoms with Crippen molar-refractivity contribution < 1.29 is 9.21 Å². The molecule has 32 heavy (non-hydrogen) atoms. The van der Waals surface area contributed by atoms with Gasteiger partial charge in [-0.05, 0) is 43.4 Å². The summed E-state index contributed by atoms with van der Waals surface area (Å²) in [5.74, 6) is -0.398. The van der Waals surface area contributed by atoms with Crippen molar-refractivity contribution in [3.63, 3.8) is 0 Å². The van der Waals surface area contributed by atoms with Crippen LogP contribution in [0.15, 0.2) is 62.2 Å². The van der Waals surface area contributed by atoms with E-state index in [1.807, 2.05) is 30.3 Å². The number of hydrogen-bond acceptors (Lipinski definition) is 6. The molecule has 2 aromatic heterocycles. The van der Waals surface area contributed by atoms with Crippen LogP contribution in [0, 0.1) is 0 Å². The van der Waals surface area contributed by atoms with Gasteiger partial charge in [-0.25, -0.2) is 9.78 Å². The predicted molar refractivity (Wildman–Crippen MR) is 137 cm³/mol. The van der Waals surface area contributed by atoms with Gasteiger partial charge in [0.25, 0.3) is 5.91 Å². The number of aromatic nitrogens is 1. The quantitative estimate of drug-likeness (QED) is 0.289. The molecule has 2 aromatic carbocycles. The van der Waals surface area contributed by atoms with Crippen molar-refractivity contribution in [2.24, 2.45) is 0 Å². The van der Waals surface area contributed by atoms with E-state index in [9.17, 15) is 9.59 Å². The number of thiazole rings is 1. The summed E-state index contributed by atoms with van der Waals surface area (Å²) < 4.78 is 7.32. The first-order valence-corrected chi connectivity index (χ1v) is 11.7. The second kappa shape index (κ2) is 10.6. The van der Waals surface area contributed by atoms with Gasteiger partial charge >= 0.3 is 5.63 Å². The van der Waals surface area contributed by atoms with Crippen molar-refractivity contribution in [2.45, 2.75) is 13.8 Å². The van der Waals surface area contributed by atoms with Gasteiger partial charge in [-0.2, -0.15) is 0 Å². The van der Waals surface area contributed by atoms with Crippen molar-refractivity contribution in [2.75, 3.05) is 31.1 Å². The van der Waals surface area contributed by atoms with E-state index in [-0.39, 0.29) is 18.0 Å². The van der Waals surface area contributed by atoms with Crippen molar-refractivity contribution in [3.05, 3.63) is 69.0 Å². The number of rotatable bonds is 7. The van der Waals surface area contributed by atoms with Crippen LogP contribution < -0.4 is 10.5 Å². The van der Waals surface area contributed by atoms with E-state index in [2.05, 4.69) is 39.7 Å². The fraction of sp³-hybridized carbons (Fsp3) is 0.261. The highest BCUT2D eigenvalue weighted by atomic mass is 79.9. The Labute approximate surface area is 204 Å². The number of fused-ring (bicyclic) bond motifs is 2. The molecule has 0 atom stereocenters. The average molecular weight is 537 g/mol. The number of nitrogens with zero attached hydrogens (tertiary/aromatic N) is 3. The Morgan fingerprint density at radius 3 is 2.59 bits per heavy atom. The summed E-state index contributed by atoms with van der Waals surface area (Å²) in [6.07, 6.45) is 0. The molecule has 0 radical (unpaired) electrons. The summed E-state index contributed by atoms with van der Waals surface area (Å²) >= 11 is 4.92. The molecule has 9 heteroatoms. The summed E-state index contributed by atoms with van der Waals surface area (Å²) in [6.45, 7) is 7.03. The summed E-state index contributed by atoms with van der Waals surface area (Å²) in [5.41, 5.74) is 0.650. The molecule has 0 fully saturated rings. The van der Waals surface area contributed by atoms with Crippen LogP contribution in [0.25, 0.3) is 21.2 Å². The van der Waals surface area contributed by atoms with Gasteiger partial charge in [0.05, 0.1) is 10.2 Å². The zero-order valence-electron chi connectivity index (χ0n) is 17.7. The van der Waals surface area contributed by atoms with Crippen LogP contribution in [-0.4, -0.2) is 42.0 Å². The number of anilines is 1. The molecule has 0 N–H and O–H groups in total. The molecule has 4 aromatic rings. The lowest BCUT2D eigenvalue weighted by Gasteiger charge is -2.24. The second-order valence-electron chi connectivity index (χ2n) is 7.08. The lowest BCUT2D eigenvalue weighted by molar-refractivity contribution is 0.0980. The molecule has 168 valence electrons. The van der Waals surface area contributed by atoms with E-state index in [0.717, 1.165) is 27.8 Å². The molecule has 0 aliphatic rings. The highest BCUT2D eigenvalue weighted by Crippen LogP contribution is 2.31. The standard InChI is InChI=1S/C23H22BrN3O3S.ClH/c1-3-26(4-2)11-12-27(23-25-18-10-9-16(24)14-20(18)31-23)21(28)17-13-15-7-5-6-8-19(15)30-22(17)29;/h5-10,13-14H,3-4,11-12H2,1-2H3;1H. The van der Waals surface area contributed by atoms with Gasteiger partial charge in [-0.15, -0.1) is 12.4 Å². The molecule has 0 aliphatic carbocycles. The summed E-state index contributed by atoms with van der Waals surface area (Å²) in [6, 6.07) is 14.6. The summed E-state index contributed by atoms with van der Waals surface area (Å²) in [7, 11) is 0. The Kier molecular flexibility index (Phi) is 8.05. The van der Waals surface area contributed by atoms with Gasteiger partial charge in [0.1, 0.15) is 11.1 Å². The molecule has 0 saturated heterocycles. The van der Waals surface area contributed by atoms with Crippen LogP contribution >= 0.6 is 39.7 Å². The molecule has 1 amide bonds. The Morgan fingerprint density at radius 2 is 1.84 bits per heavy atom. The molecular formula is C23H23BrClN3O3S. The number of carbonyl (C=O) groups excluding carboxylic acids is 1. The molecule has 0 aliphatic heterocycles. The smallest absolute Gasteiger partial charge is 0.349 e. The number of benzene rings is 2. The molecule has 2 heterocycles. The van der Waals surface area contributed by atoms with Gasteiger partial charge in [-0.1, -0.05) is 59.3 Å². The molecule has 0 bridgehead atoms. The zero-order valence-corrected chi connectivity index (χ0v) is 20.9. The van der Waals surface area contributed by atoms with Gasteiger partial charge < -0.3 is 9.32 Å². The van der Waals surface area contributed by atoms with Crippen LogP contribution in [0.4, 0.5) is 5.13 Å². The first-order chi connectivity index (χ1) is 15.0. The summed E-state index contributed by atoms with van der Waals surface area (Å²) in [5, 5.41) is 1.28. The minimum Gasteiger partial charge on any atom is -0.422 e. The minimum absolute atomic E-state index is 0. The van der Waals surface area contributed by atoms with E-state index in [0.29, 0.717) is 29.2 Å². The Hall–Kier alpha value is -2.26. The number of likely N-dealkylation sites (N-methyl/N-ethyl adjacent to an activating group) is 1. The summed E-state index contributed by atoms with van der Waals surface area (Å²) in [4.78, 5) is 34.7. The zero-order chi connectivity index (χ0) is 22.0. The molecule has 0 spiro atoms. The third-order valence-corrected chi connectivity index (χ3v) is 6.76. The molecular weight excluding hydrogens is 514 g/mol. The Balaban J connectivity index is 0.00000289. The SMILES string of the molecule is CCN(CC)CCN(C(=O)c1cc2ccccc2oc1=O)c1nc2ccc(Br)cc2s1.Cl. The Morgan fingerprint density at radius 1 is 1.09 bits per heavy atom. The van der Waals surface area contributed by atoms with E-state index in [4.69, 9.17) is 4.42 Å². The minimum atomic E-state index is -0.639. The third kappa shape index (κ3) is 5.04. The van der Waals surface area contributed by atoms with Crippen molar-refractivity contribution >= 4 is 71.9 Å². The predicted octanol–water partition coefficient (Wildman–Crippen LogP) is 5.58. The number of para-hydroxylation sites is 1. The Bertz CT molecular complexity index is 1300. The van der Waals surface area contributed by atoms with Gasteiger partial charge in [0, 0.05) is 22.9 Å². The highest BCUT2D eigenvalue weighted by Gasteiger charge is 2.25. The van der Waals surface area contributed by atoms with Crippen molar-refractivity contribution in [3.8, 4) is 0 Å². The number of amides is 1. The lowest BCUT2D eigenvalue weighted by atomic mass is 10.1. The van der Waals surface area contributed by atoms with Gasteiger partial charge in [0.2, 0.25) is 0 Å². The number of hydrogen-bond donors (Lipinski definition) is 0. The first kappa shape index (κ1) is 24.4. The van der Waals surface area contributed by atoms with E-state index in [1.165, 1.54) is 11.3 Å².